The highest BCUT2D eigenvalue weighted by Gasteiger charge is 2.00. The van der Waals surface area contributed by atoms with Gasteiger partial charge in [-0.1, -0.05) is 6.58 Å². The summed E-state index contributed by atoms with van der Waals surface area (Å²) in [6, 6.07) is -0.818. The lowest BCUT2D eigenvalue weighted by molar-refractivity contribution is 0.251. The fourth-order valence-corrected chi connectivity index (χ4v) is 0.383. The van der Waals surface area contributed by atoms with E-state index in [0.717, 1.165) is 0 Å². The number of allylic oxidation sites excluding steroid dienone is 2. The number of nitrogens with two attached hydrogens (primary N) is 1. The molecule has 0 aliphatic rings. The van der Waals surface area contributed by atoms with Gasteiger partial charge in [0.25, 0.3) is 0 Å². The van der Waals surface area contributed by atoms with Crippen LogP contribution in [0.1, 0.15) is 6.92 Å². The molecule has 0 fully saturated rings. The molecule has 56 valence electrons. The van der Waals surface area contributed by atoms with Crippen LogP contribution in [0.25, 0.3) is 0 Å². The number of rotatable bonds is 2. The molecule has 3 nitrogen and oxygen atoms in total. The van der Waals surface area contributed by atoms with E-state index >= 15 is 0 Å². The summed E-state index contributed by atoms with van der Waals surface area (Å²) in [6.45, 7) is 4.70. The first-order valence-electron chi connectivity index (χ1n) is 2.65. The molecule has 0 atom stereocenters. The number of carbonyl (C=O) groups is 1. The summed E-state index contributed by atoms with van der Waals surface area (Å²) in [7, 11) is 0. The Balaban J connectivity index is 3.99. The molecular formula is C6H9FN2O. The summed E-state index contributed by atoms with van der Waals surface area (Å²) in [6.07, 6.45) is 1.18. The van der Waals surface area contributed by atoms with Gasteiger partial charge >= 0.3 is 6.03 Å². The molecule has 3 N–H and O–H groups in total. The second kappa shape index (κ2) is 3.66. The van der Waals surface area contributed by atoms with Gasteiger partial charge in [-0.05, 0) is 13.0 Å². The summed E-state index contributed by atoms with van der Waals surface area (Å²) in [5.41, 5.74) is 4.57. The molecule has 0 rings (SSSR count). The fraction of sp³-hybridized carbons (Fsp3) is 0.167. The van der Waals surface area contributed by atoms with Crippen LogP contribution in [0, 0.1) is 0 Å². The third-order valence-corrected chi connectivity index (χ3v) is 0.816. The molecule has 4 heteroatoms. The number of hydrogen-bond acceptors (Lipinski definition) is 1. The Labute approximate surface area is 58.4 Å². The maximum Gasteiger partial charge on any atom is 0.316 e. The lowest BCUT2D eigenvalue weighted by atomic mass is 10.4. The first kappa shape index (κ1) is 8.68. The number of primary amides is 1. The molecule has 2 amide bonds. The maximum absolute atomic E-state index is 12.4. The van der Waals surface area contributed by atoms with Crippen molar-refractivity contribution in [3.05, 3.63) is 24.2 Å². The van der Waals surface area contributed by atoms with Gasteiger partial charge in [0.2, 0.25) is 0 Å². The molecule has 0 saturated heterocycles. The lowest BCUT2D eigenvalue weighted by Gasteiger charge is -2.00. The van der Waals surface area contributed by atoms with Crippen LogP contribution < -0.4 is 11.1 Å². The van der Waals surface area contributed by atoms with Gasteiger partial charge in [0.05, 0.1) is 5.70 Å². The van der Waals surface area contributed by atoms with E-state index in [2.05, 4.69) is 12.3 Å². The molecule has 0 bridgehead atoms. The van der Waals surface area contributed by atoms with Crippen molar-refractivity contribution in [3.8, 4) is 0 Å². The third kappa shape index (κ3) is 2.86. The van der Waals surface area contributed by atoms with E-state index in [1.165, 1.54) is 13.0 Å². The van der Waals surface area contributed by atoms with Gasteiger partial charge in [-0.2, -0.15) is 0 Å². The number of amides is 2. The summed E-state index contributed by atoms with van der Waals surface area (Å²) < 4.78 is 12.4. The first-order valence-corrected chi connectivity index (χ1v) is 2.65. The van der Waals surface area contributed by atoms with E-state index in [9.17, 15) is 9.18 Å². The Morgan fingerprint density at radius 1 is 1.80 bits per heavy atom. The highest BCUT2D eigenvalue weighted by Crippen LogP contribution is 2.03. The minimum absolute atomic E-state index is 0.116. The molecule has 0 heterocycles. The largest absolute Gasteiger partial charge is 0.351 e. The molecular weight excluding hydrogens is 135 g/mol. The van der Waals surface area contributed by atoms with Crippen LogP contribution in [0.3, 0.4) is 0 Å². The standard InChI is InChI=1S/C6H9FN2O/c1-3-5(7)4(2)9-6(8)10/h3H,2H2,1H3,(H3,8,9,10)/b5-3+. The van der Waals surface area contributed by atoms with E-state index in [-0.39, 0.29) is 5.70 Å². The summed E-state index contributed by atoms with van der Waals surface area (Å²) in [4.78, 5) is 10.1. The Morgan fingerprint density at radius 3 is 2.60 bits per heavy atom. The van der Waals surface area contributed by atoms with Gasteiger partial charge in [-0.3, -0.25) is 0 Å². The topological polar surface area (TPSA) is 55.1 Å². The van der Waals surface area contributed by atoms with Crippen LogP contribution in [0.4, 0.5) is 9.18 Å². The Hall–Kier alpha value is -1.32. The van der Waals surface area contributed by atoms with Crippen LogP contribution in [-0.4, -0.2) is 6.03 Å². The molecule has 0 aromatic carbocycles. The van der Waals surface area contributed by atoms with Gasteiger partial charge < -0.3 is 11.1 Å². The van der Waals surface area contributed by atoms with Crippen molar-refractivity contribution in [2.24, 2.45) is 5.73 Å². The Kier molecular flexibility index (Phi) is 3.17. The average molecular weight is 144 g/mol. The van der Waals surface area contributed by atoms with Gasteiger partial charge in [-0.15, -0.1) is 0 Å². The highest BCUT2D eigenvalue weighted by molar-refractivity contribution is 5.74. The molecule has 0 unspecified atom stereocenters. The second-order valence-corrected chi connectivity index (χ2v) is 1.60. The van der Waals surface area contributed by atoms with Crippen molar-refractivity contribution in [2.45, 2.75) is 6.92 Å². The van der Waals surface area contributed by atoms with Crippen molar-refractivity contribution < 1.29 is 9.18 Å². The van der Waals surface area contributed by atoms with E-state index < -0.39 is 11.9 Å². The van der Waals surface area contributed by atoms with Crippen LogP contribution in [0.15, 0.2) is 24.2 Å². The summed E-state index contributed by atoms with van der Waals surface area (Å²) in [5, 5.41) is 1.99. The van der Waals surface area contributed by atoms with Crippen LogP contribution in [0.5, 0.6) is 0 Å². The zero-order valence-corrected chi connectivity index (χ0v) is 5.65. The SMILES string of the molecule is C=C(NC(N)=O)/C(F)=C\C. The molecule has 0 aromatic heterocycles. The van der Waals surface area contributed by atoms with Crippen molar-refractivity contribution in [2.75, 3.05) is 0 Å². The van der Waals surface area contributed by atoms with Crippen LogP contribution in [-0.2, 0) is 0 Å². The zero-order valence-electron chi connectivity index (χ0n) is 5.65. The maximum atomic E-state index is 12.4. The molecule has 0 saturated carbocycles. The molecule has 10 heavy (non-hydrogen) atoms. The normalized spacial score (nSPS) is 10.8. The van der Waals surface area contributed by atoms with Crippen LogP contribution in [0.2, 0.25) is 0 Å². The van der Waals surface area contributed by atoms with E-state index in [1.54, 1.807) is 0 Å². The third-order valence-electron chi connectivity index (χ3n) is 0.816. The Morgan fingerprint density at radius 2 is 2.30 bits per heavy atom. The summed E-state index contributed by atoms with van der Waals surface area (Å²) >= 11 is 0. The zero-order chi connectivity index (χ0) is 8.15. The van der Waals surface area contributed by atoms with Crippen LogP contribution >= 0.6 is 0 Å². The first-order chi connectivity index (χ1) is 4.57. The van der Waals surface area contributed by atoms with Gasteiger partial charge in [0, 0.05) is 0 Å². The number of hydrogen-bond donors (Lipinski definition) is 2. The monoisotopic (exact) mass is 144 g/mol. The minimum atomic E-state index is -0.818. The number of carbonyl (C=O) groups excluding carboxylic acids is 1. The minimum Gasteiger partial charge on any atom is -0.351 e. The lowest BCUT2D eigenvalue weighted by Crippen LogP contribution is -2.28. The molecule has 0 aliphatic heterocycles. The second-order valence-electron chi connectivity index (χ2n) is 1.60. The molecule has 0 aromatic rings. The van der Waals surface area contributed by atoms with Crippen molar-refractivity contribution in [3.63, 3.8) is 0 Å². The van der Waals surface area contributed by atoms with Gasteiger partial charge in [0.1, 0.15) is 5.83 Å². The predicted octanol–water partition coefficient (Wildman–Crippen LogP) is 1.04. The molecule has 0 aliphatic carbocycles. The number of urea groups is 1. The smallest absolute Gasteiger partial charge is 0.316 e. The van der Waals surface area contributed by atoms with E-state index in [0.29, 0.717) is 0 Å². The fourth-order valence-electron chi connectivity index (χ4n) is 0.383. The van der Waals surface area contributed by atoms with Crippen molar-refractivity contribution in [1.29, 1.82) is 0 Å². The van der Waals surface area contributed by atoms with Crippen molar-refractivity contribution in [1.82, 2.24) is 5.32 Å². The predicted molar refractivity (Wildman–Crippen MR) is 36.7 cm³/mol. The molecule has 0 spiro atoms. The van der Waals surface area contributed by atoms with Gasteiger partial charge in [0.15, 0.2) is 0 Å². The average Bonchev–Trinajstić information content (AvgIpc) is 1.85. The van der Waals surface area contributed by atoms with Gasteiger partial charge in [-0.25, -0.2) is 9.18 Å². The van der Waals surface area contributed by atoms with E-state index in [4.69, 9.17) is 0 Å². The highest BCUT2D eigenvalue weighted by atomic mass is 19.1. The number of nitrogens with one attached hydrogen (secondary N) is 1. The molecule has 0 radical (unpaired) electrons. The van der Waals surface area contributed by atoms with Crippen molar-refractivity contribution >= 4 is 6.03 Å². The Bertz CT molecular complexity index is 186. The van der Waals surface area contributed by atoms with E-state index in [1.807, 2.05) is 5.32 Å². The summed E-state index contributed by atoms with van der Waals surface area (Å²) in [5.74, 6) is -0.584. The quantitative estimate of drug-likeness (QED) is 0.559. The number of halogens is 1.